The van der Waals surface area contributed by atoms with Crippen LogP contribution in [0.1, 0.15) is 23.2 Å². The zero-order valence-electron chi connectivity index (χ0n) is 9.23. The van der Waals surface area contributed by atoms with Crippen molar-refractivity contribution in [2.24, 2.45) is 5.92 Å². The van der Waals surface area contributed by atoms with Crippen molar-refractivity contribution in [3.8, 4) is 5.75 Å². The van der Waals surface area contributed by atoms with Gasteiger partial charge in [-0.15, -0.1) is 0 Å². The van der Waals surface area contributed by atoms with Gasteiger partial charge in [0.2, 0.25) is 0 Å². The van der Waals surface area contributed by atoms with Crippen LogP contribution in [0.25, 0.3) is 0 Å². The second-order valence-corrected chi connectivity index (χ2v) is 3.97. The lowest BCUT2D eigenvalue weighted by atomic mass is 10.2. The van der Waals surface area contributed by atoms with Gasteiger partial charge in [0.15, 0.2) is 5.75 Å². The molecule has 0 heterocycles. The van der Waals surface area contributed by atoms with Crippen molar-refractivity contribution in [1.82, 2.24) is 0 Å². The minimum absolute atomic E-state index is 0.365. The molecule has 1 aromatic rings. The Balaban J connectivity index is 2.11. The number of carbonyl (C=O) groups excluding carboxylic acids is 1. The minimum Gasteiger partial charge on any atom is -0.494 e. The highest BCUT2D eigenvalue weighted by atomic mass is 16.5. The molecule has 2 N–H and O–H groups in total. The lowest BCUT2D eigenvalue weighted by Gasteiger charge is -2.10. The van der Waals surface area contributed by atoms with Crippen LogP contribution in [0.4, 0.5) is 5.69 Å². The number of benzene rings is 1. The molecule has 1 fully saturated rings. The number of para-hydroxylation sites is 1. The third-order valence-corrected chi connectivity index (χ3v) is 2.62. The van der Waals surface area contributed by atoms with Gasteiger partial charge < -0.3 is 15.2 Å². The Bertz CT molecular complexity index is 399. The Morgan fingerprint density at radius 1 is 1.50 bits per heavy atom. The van der Waals surface area contributed by atoms with Crippen LogP contribution in [-0.4, -0.2) is 19.7 Å². The Hall–Kier alpha value is -1.71. The van der Waals surface area contributed by atoms with E-state index in [4.69, 9.17) is 15.2 Å². The van der Waals surface area contributed by atoms with E-state index in [-0.39, 0.29) is 5.97 Å². The van der Waals surface area contributed by atoms with Crippen LogP contribution >= 0.6 is 0 Å². The summed E-state index contributed by atoms with van der Waals surface area (Å²) in [6.07, 6.45) is 2.31. The largest absolute Gasteiger partial charge is 0.494 e. The Morgan fingerprint density at radius 3 is 2.88 bits per heavy atom. The Morgan fingerprint density at radius 2 is 2.25 bits per heavy atom. The number of methoxy groups -OCH3 is 1. The van der Waals surface area contributed by atoms with Gasteiger partial charge in [-0.1, -0.05) is 6.07 Å². The lowest BCUT2D eigenvalue weighted by molar-refractivity contribution is 0.0482. The van der Waals surface area contributed by atoms with Gasteiger partial charge in [0.1, 0.15) is 5.56 Å². The van der Waals surface area contributed by atoms with E-state index in [9.17, 15) is 4.79 Å². The first kappa shape index (κ1) is 10.8. The predicted molar refractivity (Wildman–Crippen MR) is 60.4 cm³/mol. The van der Waals surface area contributed by atoms with Gasteiger partial charge in [0.25, 0.3) is 0 Å². The Labute approximate surface area is 94.3 Å². The average Bonchev–Trinajstić information content (AvgIpc) is 3.09. The first-order valence-corrected chi connectivity index (χ1v) is 5.32. The summed E-state index contributed by atoms with van der Waals surface area (Å²) in [4.78, 5) is 11.8. The second kappa shape index (κ2) is 4.43. The number of anilines is 1. The molecular formula is C12H15NO3. The molecule has 0 aliphatic heterocycles. The van der Waals surface area contributed by atoms with Gasteiger partial charge in [-0.05, 0) is 30.9 Å². The van der Waals surface area contributed by atoms with Gasteiger partial charge >= 0.3 is 5.97 Å². The quantitative estimate of drug-likeness (QED) is 0.622. The number of rotatable bonds is 4. The minimum atomic E-state index is -0.365. The monoisotopic (exact) mass is 221 g/mol. The van der Waals surface area contributed by atoms with Crippen molar-refractivity contribution in [2.75, 3.05) is 19.5 Å². The van der Waals surface area contributed by atoms with Crippen LogP contribution in [0.15, 0.2) is 18.2 Å². The number of nitrogen functional groups attached to an aromatic ring is 1. The summed E-state index contributed by atoms with van der Waals surface area (Å²) in [5.41, 5.74) is 6.54. The van der Waals surface area contributed by atoms with Gasteiger partial charge in [0, 0.05) is 0 Å². The van der Waals surface area contributed by atoms with Crippen LogP contribution in [0.2, 0.25) is 0 Å². The summed E-state index contributed by atoms with van der Waals surface area (Å²) in [6, 6.07) is 5.06. The normalized spacial score (nSPS) is 14.6. The van der Waals surface area contributed by atoms with Crippen LogP contribution in [0, 0.1) is 5.92 Å². The summed E-state index contributed by atoms with van der Waals surface area (Å²) in [5, 5.41) is 0. The fourth-order valence-electron chi connectivity index (χ4n) is 1.50. The molecule has 0 radical (unpaired) electrons. The van der Waals surface area contributed by atoms with E-state index in [1.165, 1.54) is 7.11 Å². The van der Waals surface area contributed by atoms with Crippen LogP contribution < -0.4 is 10.5 Å². The first-order chi connectivity index (χ1) is 7.72. The van der Waals surface area contributed by atoms with E-state index in [0.717, 1.165) is 12.8 Å². The van der Waals surface area contributed by atoms with Crippen molar-refractivity contribution < 1.29 is 14.3 Å². The average molecular weight is 221 g/mol. The molecule has 1 aliphatic carbocycles. The van der Waals surface area contributed by atoms with Crippen LogP contribution in [0.5, 0.6) is 5.75 Å². The number of ether oxygens (including phenoxy) is 2. The fraction of sp³-hybridized carbons (Fsp3) is 0.417. The maximum atomic E-state index is 11.8. The van der Waals surface area contributed by atoms with Crippen molar-refractivity contribution in [3.63, 3.8) is 0 Å². The highest BCUT2D eigenvalue weighted by Gasteiger charge is 2.24. The molecule has 1 aliphatic rings. The predicted octanol–water partition coefficient (Wildman–Crippen LogP) is 1.84. The molecule has 16 heavy (non-hydrogen) atoms. The van der Waals surface area contributed by atoms with Crippen molar-refractivity contribution in [1.29, 1.82) is 0 Å². The SMILES string of the molecule is COc1c(N)cccc1C(=O)OCC1CC1. The fourth-order valence-corrected chi connectivity index (χ4v) is 1.50. The molecule has 0 atom stereocenters. The number of esters is 1. The molecule has 4 nitrogen and oxygen atoms in total. The van der Waals surface area contributed by atoms with E-state index in [1.807, 2.05) is 0 Å². The summed E-state index contributed by atoms with van der Waals surface area (Å²) < 4.78 is 10.3. The summed E-state index contributed by atoms with van der Waals surface area (Å²) in [7, 11) is 1.49. The Kier molecular flexibility index (Phi) is 2.99. The smallest absolute Gasteiger partial charge is 0.342 e. The number of hydrogen-bond donors (Lipinski definition) is 1. The topological polar surface area (TPSA) is 61.5 Å². The number of hydrogen-bond acceptors (Lipinski definition) is 4. The van der Waals surface area contributed by atoms with Crippen LogP contribution in [-0.2, 0) is 4.74 Å². The van der Waals surface area contributed by atoms with Gasteiger partial charge in [-0.25, -0.2) is 4.79 Å². The summed E-state index contributed by atoms with van der Waals surface area (Å²) in [5.74, 6) is 0.579. The van der Waals surface area contributed by atoms with E-state index >= 15 is 0 Å². The molecule has 2 rings (SSSR count). The third kappa shape index (κ3) is 2.27. The van der Waals surface area contributed by atoms with Crippen LogP contribution in [0.3, 0.4) is 0 Å². The lowest BCUT2D eigenvalue weighted by Crippen LogP contribution is -2.10. The molecule has 0 spiro atoms. The highest BCUT2D eigenvalue weighted by Crippen LogP contribution is 2.30. The maximum absolute atomic E-state index is 11.8. The number of nitrogens with two attached hydrogens (primary N) is 1. The molecule has 1 saturated carbocycles. The van der Waals surface area contributed by atoms with Crippen molar-refractivity contribution >= 4 is 11.7 Å². The van der Waals surface area contributed by atoms with E-state index in [0.29, 0.717) is 29.5 Å². The molecule has 1 aromatic carbocycles. The van der Waals surface area contributed by atoms with Gasteiger partial charge in [-0.3, -0.25) is 0 Å². The van der Waals surface area contributed by atoms with Crippen molar-refractivity contribution in [2.45, 2.75) is 12.8 Å². The number of carbonyl (C=O) groups is 1. The summed E-state index contributed by atoms with van der Waals surface area (Å²) >= 11 is 0. The molecule has 4 heteroatoms. The zero-order valence-corrected chi connectivity index (χ0v) is 9.23. The van der Waals surface area contributed by atoms with E-state index < -0.39 is 0 Å². The van der Waals surface area contributed by atoms with Gasteiger partial charge in [0.05, 0.1) is 19.4 Å². The molecule has 0 amide bonds. The first-order valence-electron chi connectivity index (χ1n) is 5.32. The summed E-state index contributed by atoms with van der Waals surface area (Å²) in [6.45, 7) is 0.497. The standard InChI is InChI=1S/C12H15NO3/c1-15-11-9(3-2-4-10(11)13)12(14)16-7-8-5-6-8/h2-4,8H,5-7,13H2,1H3. The molecule has 0 aromatic heterocycles. The molecular weight excluding hydrogens is 206 g/mol. The molecule has 0 unspecified atom stereocenters. The molecule has 0 bridgehead atoms. The molecule has 0 saturated heterocycles. The zero-order chi connectivity index (χ0) is 11.5. The molecule has 86 valence electrons. The van der Waals surface area contributed by atoms with E-state index in [2.05, 4.69) is 0 Å². The van der Waals surface area contributed by atoms with Gasteiger partial charge in [-0.2, -0.15) is 0 Å². The third-order valence-electron chi connectivity index (χ3n) is 2.62. The van der Waals surface area contributed by atoms with Crippen molar-refractivity contribution in [3.05, 3.63) is 23.8 Å². The second-order valence-electron chi connectivity index (χ2n) is 3.97. The highest BCUT2D eigenvalue weighted by molar-refractivity contribution is 5.94. The van der Waals surface area contributed by atoms with E-state index in [1.54, 1.807) is 18.2 Å². The maximum Gasteiger partial charge on any atom is 0.342 e.